The van der Waals surface area contributed by atoms with Crippen LogP contribution in [0.2, 0.25) is 5.02 Å². The second-order valence-corrected chi connectivity index (χ2v) is 5.93. The van der Waals surface area contributed by atoms with Crippen molar-refractivity contribution in [1.29, 1.82) is 0 Å². The second kappa shape index (κ2) is 5.98. The fourth-order valence-corrected chi connectivity index (χ4v) is 3.39. The maximum atomic E-state index is 6.28. The van der Waals surface area contributed by atoms with Crippen LogP contribution in [0.5, 0.6) is 0 Å². The van der Waals surface area contributed by atoms with Crippen LogP contribution in [0.3, 0.4) is 0 Å². The zero-order valence-corrected chi connectivity index (χ0v) is 12.0. The number of rotatable bonds is 4. The standard InChI is InChI=1S/C16H21ClN2/c17-15-12-19(16-6-2-1-5-14(15)16)11-3-4-13-7-9-18-10-8-13/h1-2,5-6,12-13,18H,3-4,7-11H2. The van der Waals surface area contributed by atoms with Crippen LogP contribution in [0.4, 0.5) is 0 Å². The molecule has 2 aromatic rings. The smallest absolute Gasteiger partial charge is 0.0661 e. The van der Waals surface area contributed by atoms with Gasteiger partial charge in [0.2, 0.25) is 0 Å². The molecule has 1 aliphatic rings. The molecule has 0 amide bonds. The van der Waals surface area contributed by atoms with Crippen molar-refractivity contribution in [3.8, 4) is 0 Å². The number of para-hydroxylation sites is 1. The van der Waals surface area contributed by atoms with Crippen LogP contribution < -0.4 is 5.32 Å². The van der Waals surface area contributed by atoms with Crippen molar-refractivity contribution in [3.05, 3.63) is 35.5 Å². The first-order valence-corrected chi connectivity index (χ1v) is 7.66. The Balaban J connectivity index is 1.62. The Morgan fingerprint density at radius 2 is 2.00 bits per heavy atom. The lowest BCUT2D eigenvalue weighted by molar-refractivity contribution is 0.341. The molecule has 2 nitrogen and oxygen atoms in total. The van der Waals surface area contributed by atoms with Gasteiger partial charge in [0.25, 0.3) is 0 Å². The summed E-state index contributed by atoms with van der Waals surface area (Å²) in [6.45, 7) is 3.48. The summed E-state index contributed by atoms with van der Waals surface area (Å²) in [7, 11) is 0. The third kappa shape index (κ3) is 2.96. The quantitative estimate of drug-likeness (QED) is 0.891. The Morgan fingerprint density at radius 3 is 2.84 bits per heavy atom. The molecule has 1 N–H and O–H groups in total. The first-order valence-electron chi connectivity index (χ1n) is 7.28. The van der Waals surface area contributed by atoms with Crippen molar-refractivity contribution in [2.45, 2.75) is 32.2 Å². The van der Waals surface area contributed by atoms with Gasteiger partial charge in [-0.25, -0.2) is 0 Å². The summed E-state index contributed by atoms with van der Waals surface area (Å²) in [6, 6.07) is 8.39. The van der Waals surface area contributed by atoms with E-state index in [4.69, 9.17) is 11.6 Å². The van der Waals surface area contributed by atoms with Gasteiger partial charge >= 0.3 is 0 Å². The minimum Gasteiger partial charge on any atom is -0.346 e. The van der Waals surface area contributed by atoms with Gasteiger partial charge in [-0.2, -0.15) is 0 Å². The van der Waals surface area contributed by atoms with Crippen LogP contribution in [-0.2, 0) is 6.54 Å². The fourth-order valence-electron chi connectivity index (χ4n) is 3.11. The summed E-state index contributed by atoms with van der Waals surface area (Å²) in [4.78, 5) is 0. The number of nitrogens with zero attached hydrogens (tertiary/aromatic N) is 1. The van der Waals surface area contributed by atoms with E-state index in [9.17, 15) is 0 Å². The predicted octanol–water partition coefficient (Wildman–Crippen LogP) is 4.07. The molecule has 0 spiro atoms. The summed E-state index contributed by atoms with van der Waals surface area (Å²) in [5.41, 5.74) is 1.26. The molecule has 1 aromatic heterocycles. The normalized spacial score (nSPS) is 17.1. The van der Waals surface area contributed by atoms with E-state index in [0.717, 1.165) is 17.5 Å². The number of aryl methyl sites for hydroxylation is 1. The van der Waals surface area contributed by atoms with Crippen molar-refractivity contribution >= 4 is 22.5 Å². The lowest BCUT2D eigenvalue weighted by Gasteiger charge is -2.22. The Bertz CT molecular complexity index is 541. The van der Waals surface area contributed by atoms with Gasteiger partial charge in [0.1, 0.15) is 0 Å². The number of benzene rings is 1. The van der Waals surface area contributed by atoms with E-state index in [-0.39, 0.29) is 0 Å². The van der Waals surface area contributed by atoms with E-state index in [1.807, 2.05) is 6.07 Å². The molecule has 3 rings (SSSR count). The topological polar surface area (TPSA) is 17.0 Å². The van der Waals surface area contributed by atoms with Gasteiger partial charge in [-0.1, -0.05) is 29.8 Å². The molecular formula is C16H21ClN2. The minimum absolute atomic E-state index is 0.873. The molecule has 1 saturated heterocycles. The number of hydrogen-bond donors (Lipinski definition) is 1. The van der Waals surface area contributed by atoms with Gasteiger partial charge < -0.3 is 9.88 Å². The highest BCUT2D eigenvalue weighted by Gasteiger charge is 2.12. The number of hydrogen-bond acceptors (Lipinski definition) is 1. The van der Waals surface area contributed by atoms with Gasteiger partial charge in [0.15, 0.2) is 0 Å². The van der Waals surface area contributed by atoms with Gasteiger partial charge in [0.05, 0.1) is 5.02 Å². The molecule has 1 fully saturated rings. The largest absolute Gasteiger partial charge is 0.346 e. The molecule has 2 heterocycles. The molecule has 0 atom stereocenters. The molecular weight excluding hydrogens is 256 g/mol. The molecule has 0 radical (unpaired) electrons. The highest BCUT2D eigenvalue weighted by molar-refractivity contribution is 6.35. The average molecular weight is 277 g/mol. The predicted molar refractivity (Wildman–Crippen MR) is 81.8 cm³/mol. The Hall–Kier alpha value is -0.990. The molecule has 1 aliphatic heterocycles. The van der Waals surface area contributed by atoms with Crippen molar-refractivity contribution in [1.82, 2.24) is 9.88 Å². The molecule has 0 unspecified atom stereocenters. The average Bonchev–Trinajstić information content (AvgIpc) is 2.78. The van der Waals surface area contributed by atoms with Crippen LogP contribution in [0, 0.1) is 5.92 Å². The van der Waals surface area contributed by atoms with Crippen molar-refractivity contribution in [3.63, 3.8) is 0 Å². The lowest BCUT2D eigenvalue weighted by Crippen LogP contribution is -2.27. The van der Waals surface area contributed by atoms with Crippen molar-refractivity contribution < 1.29 is 0 Å². The number of piperidine rings is 1. The monoisotopic (exact) mass is 276 g/mol. The summed E-state index contributed by atoms with van der Waals surface area (Å²) in [5, 5.41) is 5.47. The SMILES string of the molecule is Clc1cn(CCCC2CCNCC2)c2ccccc12. The highest BCUT2D eigenvalue weighted by Crippen LogP contribution is 2.26. The van der Waals surface area contributed by atoms with E-state index >= 15 is 0 Å². The Labute approximate surface area is 119 Å². The molecule has 0 aliphatic carbocycles. The van der Waals surface area contributed by atoms with Crippen LogP contribution in [0.15, 0.2) is 30.5 Å². The zero-order chi connectivity index (χ0) is 13.1. The van der Waals surface area contributed by atoms with Crippen molar-refractivity contribution in [2.75, 3.05) is 13.1 Å². The molecule has 1 aromatic carbocycles. The van der Waals surface area contributed by atoms with Gasteiger partial charge in [-0.3, -0.25) is 0 Å². The van der Waals surface area contributed by atoms with Crippen molar-refractivity contribution in [2.24, 2.45) is 5.92 Å². The van der Waals surface area contributed by atoms with E-state index in [0.29, 0.717) is 0 Å². The van der Waals surface area contributed by atoms with Crippen LogP contribution in [0.1, 0.15) is 25.7 Å². The summed E-state index contributed by atoms with van der Waals surface area (Å²) >= 11 is 6.28. The fraction of sp³-hybridized carbons (Fsp3) is 0.500. The minimum atomic E-state index is 0.873. The van der Waals surface area contributed by atoms with E-state index in [1.165, 1.54) is 49.7 Å². The number of halogens is 1. The number of aromatic nitrogens is 1. The number of fused-ring (bicyclic) bond motifs is 1. The molecule has 102 valence electrons. The third-order valence-electron chi connectivity index (χ3n) is 4.21. The maximum absolute atomic E-state index is 6.28. The molecule has 3 heteroatoms. The Morgan fingerprint density at radius 1 is 1.21 bits per heavy atom. The second-order valence-electron chi connectivity index (χ2n) is 5.52. The van der Waals surface area contributed by atoms with Crippen LogP contribution in [0.25, 0.3) is 10.9 Å². The molecule has 19 heavy (non-hydrogen) atoms. The third-order valence-corrected chi connectivity index (χ3v) is 4.51. The van der Waals surface area contributed by atoms with E-state index < -0.39 is 0 Å². The van der Waals surface area contributed by atoms with Crippen LogP contribution in [-0.4, -0.2) is 17.7 Å². The first kappa shape index (κ1) is 13.0. The first-order chi connectivity index (χ1) is 9.34. The van der Waals surface area contributed by atoms with Crippen LogP contribution >= 0.6 is 11.6 Å². The lowest BCUT2D eigenvalue weighted by atomic mass is 9.93. The van der Waals surface area contributed by atoms with E-state index in [1.54, 1.807) is 0 Å². The zero-order valence-electron chi connectivity index (χ0n) is 11.2. The summed E-state index contributed by atoms with van der Waals surface area (Å²) in [6.07, 6.45) is 7.35. The highest BCUT2D eigenvalue weighted by atomic mass is 35.5. The van der Waals surface area contributed by atoms with E-state index in [2.05, 4.69) is 34.3 Å². The maximum Gasteiger partial charge on any atom is 0.0661 e. The Kier molecular flexibility index (Phi) is 4.09. The van der Waals surface area contributed by atoms with Gasteiger partial charge in [0, 0.05) is 23.6 Å². The molecule has 0 saturated carbocycles. The number of nitrogens with one attached hydrogen (secondary N) is 1. The van der Waals surface area contributed by atoms with Gasteiger partial charge in [-0.05, 0) is 50.8 Å². The molecule has 0 bridgehead atoms. The van der Waals surface area contributed by atoms with Gasteiger partial charge in [-0.15, -0.1) is 0 Å². The summed E-state index contributed by atoms with van der Waals surface area (Å²) < 4.78 is 2.30. The summed E-state index contributed by atoms with van der Waals surface area (Å²) in [5.74, 6) is 0.915.